The lowest BCUT2D eigenvalue weighted by Crippen LogP contribution is -2.29. The van der Waals surface area contributed by atoms with Crippen molar-refractivity contribution in [3.63, 3.8) is 0 Å². The van der Waals surface area contributed by atoms with E-state index < -0.39 is 17.7 Å². The van der Waals surface area contributed by atoms with Crippen LogP contribution in [-0.2, 0) is 0 Å². The number of benzene rings is 1. The molecular formula is C12H12N2O4. The predicted octanol–water partition coefficient (Wildman–Crippen LogP) is 1.24. The number of hydrogen-bond acceptors (Lipinski definition) is 3. The van der Waals surface area contributed by atoms with Crippen molar-refractivity contribution in [3.05, 3.63) is 23.8 Å². The molecule has 0 atom stereocenters. The van der Waals surface area contributed by atoms with Gasteiger partial charge < -0.3 is 20.8 Å². The zero-order valence-corrected chi connectivity index (χ0v) is 9.43. The zero-order valence-electron chi connectivity index (χ0n) is 9.43. The van der Waals surface area contributed by atoms with Gasteiger partial charge >= 0.3 is 12.0 Å². The SMILES string of the molecule is C#CCCNC(=O)Nc1ccc(C(=O)O)c(O)c1. The first-order chi connectivity index (χ1) is 8.54. The highest BCUT2D eigenvalue weighted by Gasteiger charge is 2.10. The summed E-state index contributed by atoms with van der Waals surface area (Å²) in [6, 6.07) is 3.26. The first-order valence-corrected chi connectivity index (χ1v) is 5.09. The standard InChI is InChI=1S/C12H12N2O4/c1-2-3-6-13-12(18)14-8-4-5-9(11(16)17)10(15)7-8/h1,4-5,7,15H,3,6H2,(H,16,17)(H2,13,14,18). The average molecular weight is 248 g/mol. The molecule has 6 heteroatoms. The quantitative estimate of drug-likeness (QED) is 0.476. The van der Waals surface area contributed by atoms with E-state index in [0.717, 1.165) is 6.07 Å². The number of anilines is 1. The van der Waals surface area contributed by atoms with E-state index in [1.54, 1.807) is 0 Å². The molecule has 0 unspecified atom stereocenters. The zero-order chi connectivity index (χ0) is 13.5. The third-order valence-corrected chi connectivity index (χ3v) is 2.04. The fourth-order valence-corrected chi connectivity index (χ4v) is 1.21. The van der Waals surface area contributed by atoms with Crippen molar-refractivity contribution in [2.24, 2.45) is 0 Å². The highest BCUT2D eigenvalue weighted by molar-refractivity contribution is 5.93. The molecule has 0 spiro atoms. The van der Waals surface area contributed by atoms with Gasteiger partial charge in [-0.1, -0.05) is 0 Å². The Labute approximate surface area is 104 Å². The molecule has 1 rings (SSSR count). The fourth-order valence-electron chi connectivity index (χ4n) is 1.21. The van der Waals surface area contributed by atoms with Crippen LogP contribution in [0.4, 0.5) is 10.5 Å². The van der Waals surface area contributed by atoms with Crippen molar-refractivity contribution in [2.45, 2.75) is 6.42 Å². The van der Waals surface area contributed by atoms with E-state index in [1.807, 2.05) is 0 Å². The molecule has 18 heavy (non-hydrogen) atoms. The number of aromatic hydroxyl groups is 1. The number of phenols is 1. The first-order valence-electron chi connectivity index (χ1n) is 5.09. The van der Waals surface area contributed by atoms with Crippen LogP contribution in [0.1, 0.15) is 16.8 Å². The van der Waals surface area contributed by atoms with Gasteiger partial charge in [-0.3, -0.25) is 0 Å². The molecule has 1 aromatic carbocycles. The molecule has 2 amide bonds. The van der Waals surface area contributed by atoms with Crippen molar-refractivity contribution in [1.82, 2.24) is 5.32 Å². The van der Waals surface area contributed by atoms with E-state index in [0.29, 0.717) is 13.0 Å². The Morgan fingerprint density at radius 3 is 2.67 bits per heavy atom. The van der Waals surface area contributed by atoms with Crippen LogP contribution in [0.3, 0.4) is 0 Å². The van der Waals surface area contributed by atoms with Crippen molar-refractivity contribution >= 4 is 17.7 Å². The molecule has 0 saturated heterocycles. The molecule has 0 aliphatic heterocycles. The predicted molar refractivity (Wildman–Crippen MR) is 65.5 cm³/mol. The maximum atomic E-state index is 11.3. The number of carbonyl (C=O) groups excluding carboxylic acids is 1. The minimum Gasteiger partial charge on any atom is -0.507 e. The van der Waals surface area contributed by atoms with E-state index in [1.165, 1.54) is 12.1 Å². The van der Waals surface area contributed by atoms with Gasteiger partial charge in [-0.05, 0) is 12.1 Å². The Morgan fingerprint density at radius 1 is 1.39 bits per heavy atom. The highest BCUT2D eigenvalue weighted by atomic mass is 16.4. The molecular weight excluding hydrogens is 236 g/mol. The normalized spacial score (nSPS) is 9.28. The van der Waals surface area contributed by atoms with Gasteiger partial charge in [-0.15, -0.1) is 12.3 Å². The van der Waals surface area contributed by atoms with Gasteiger partial charge in [0.1, 0.15) is 11.3 Å². The molecule has 1 aromatic rings. The number of terminal acetylenes is 1. The summed E-state index contributed by atoms with van der Waals surface area (Å²) < 4.78 is 0. The minimum atomic E-state index is -1.24. The Bertz CT molecular complexity index is 505. The average Bonchev–Trinajstić information content (AvgIpc) is 2.28. The maximum absolute atomic E-state index is 11.3. The van der Waals surface area contributed by atoms with E-state index in [-0.39, 0.29) is 11.3 Å². The second-order valence-electron chi connectivity index (χ2n) is 3.37. The molecule has 0 heterocycles. The molecule has 4 N–H and O–H groups in total. The molecule has 0 aromatic heterocycles. The summed E-state index contributed by atoms with van der Waals surface area (Å²) in [7, 11) is 0. The van der Waals surface area contributed by atoms with Crippen LogP contribution in [0.5, 0.6) is 5.75 Å². The summed E-state index contributed by atoms with van der Waals surface area (Å²) in [5.41, 5.74) is 0.0593. The van der Waals surface area contributed by atoms with Crippen LogP contribution in [0.2, 0.25) is 0 Å². The number of carboxylic acid groups (broad SMARTS) is 1. The number of carbonyl (C=O) groups is 2. The van der Waals surface area contributed by atoms with Crippen molar-refractivity contribution < 1.29 is 19.8 Å². The molecule has 6 nitrogen and oxygen atoms in total. The third kappa shape index (κ3) is 3.72. The summed E-state index contributed by atoms with van der Waals surface area (Å²) in [5, 5.41) is 23.0. The summed E-state index contributed by atoms with van der Waals surface area (Å²) in [4.78, 5) is 22.0. The summed E-state index contributed by atoms with van der Waals surface area (Å²) in [5.74, 6) is 0.717. The molecule has 0 aliphatic carbocycles. The smallest absolute Gasteiger partial charge is 0.339 e. The Morgan fingerprint density at radius 2 is 2.11 bits per heavy atom. The van der Waals surface area contributed by atoms with Gasteiger partial charge in [0.2, 0.25) is 0 Å². The Kier molecular flexibility index (Phi) is 4.58. The molecule has 0 radical (unpaired) electrons. The summed E-state index contributed by atoms with van der Waals surface area (Å²) in [6.45, 7) is 0.335. The third-order valence-electron chi connectivity index (χ3n) is 2.04. The van der Waals surface area contributed by atoms with Gasteiger partial charge in [0, 0.05) is 24.7 Å². The van der Waals surface area contributed by atoms with E-state index in [2.05, 4.69) is 16.6 Å². The van der Waals surface area contributed by atoms with Gasteiger partial charge in [-0.2, -0.15) is 0 Å². The fraction of sp³-hybridized carbons (Fsp3) is 0.167. The monoisotopic (exact) mass is 248 g/mol. The number of nitrogens with one attached hydrogen (secondary N) is 2. The van der Waals surface area contributed by atoms with E-state index >= 15 is 0 Å². The van der Waals surface area contributed by atoms with Crippen LogP contribution in [0.25, 0.3) is 0 Å². The van der Waals surface area contributed by atoms with Crippen molar-refractivity contribution in [1.29, 1.82) is 0 Å². The van der Waals surface area contributed by atoms with Crippen LogP contribution in [-0.4, -0.2) is 28.8 Å². The Balaban J connectivity index is 2.64. The number of rotatable bonds is 4. The van der Waals surface area contributed by atoms with E-state index in [4.69, 9.17) is 11.5 Å². The number of aromatic carboxylic acids is 1. The molecule has 0 saturated carbocycles. The topological polar surface area (TPSA) is 98.7 Å². The van der Waals surface area contributed by atoms with Crippen LogP contribution in [0, 0.1) is 12.3 Å². The van der Waals surface area contributed by atoms with Crippen molar-refractivity contribution in [3.8, 4) is 18.1 Å². The summed E-state index contributed by atoms with van der Waals surface area (Å²) >= 11 is 0. The molecule has 94 valence electrons. The van der Waals surface area contributed by atoms with Crippen LogP contribution >= 0.6 is 0 Å². The number of amides is 2. The van der Waals surface area contributed by atoms with Gasteiger partial charge in [0.15, 0.2) is 0 Å². The minimum absolute atomic E-state index is 0.228. The molecule has 0 fully saturated rings. The van der Waals surface area contributed by atoms with Crippen LogP contribution in [0.15, 0.2) is 18.2 Å². The van der Waals surface area contributed by atoms with Gasteiger partial charge in [-0.25, -0.2) is 9.59 Å². The maximum Gasteiger partial charge on any atom is 0.339 e. The van der Waals surface area contributed by atoms with Gasteiger partial charge in [0.25, 0.3) is 0 Å². The molecule has 0 aliphatic rings. The van der Waals surface area contributed by atoms with Gasteiger partial charge in [0.05, 0.1) is 0 Å². The van der Waals surface area contributed by atoms with Crippen LogP contribution < -0.4 is 10.6 Å². The highest BCUT2D eigenvalue weighted by Crippen LogP contribution is 2.21. The second-order valence-corrected chi connectivity index (χ2v) is 3.37. The lowest BCUT2D eigenvalue weighted by molar-refractivity contribution is 0.0694. The second kappa shape index (κ2) is 6.15. The first kappa shape index (κ1) is 13.4. The largest absolute Gasteiger partial charge is 0.507 e. The van der Waals surface area contributed by atoms with Crippen molar-refractivity contribution in [2.75, 3.05) is 11.9 Å². The number of carboxylic acids is 1. The lowest BCUT2D eigenvalue weighted by atomic mass is 10.2. The van der Waals surface area contributed by atoms with E-state index in [9.17, 15) is 14.7 Å². The molecule has 0 bridgehead atoms. The lowest BCUT2D eigenvalue weighted by Gasteiger charge is -2.07. The number of hydrogen-bond donors (Lipinski definition) is 4. The summed E-state index contributed by atoms with van der Waals surface area (Å²) in [6.07, 6.45) is 5.44. The number of urea groups is 1. The Hall–Kier alpha value is -2.68.